The lowest BCUT2D eigenvalue weighted by Gasteiger charge is -2.20. The van der Waals surface area contributed by atoms with Gasteiger partial charge in [-0.25, -0.2) is 55.4 Å². The minimum absolute atomic E-state index is 0. The van der Waals surface area contributed by atoms with Gasteiger partial charge in [-0.3, -0.25) is 112 Å². The summed E-state index contributed by atoms with van der Waals surface area (Å²) >= 11 is 0. The van der Waals surface area contributed by atoms with Crippen LogP contribution in [0.25, 0.3) is 44.7 Å². The number of anilines is 4. The zero-order valence-electron chi connectivity index (χ0n) is 75.8. The average molecular weight is 2390 g/mol. The highest BCUT2D eigenvalue weighted by molar-refractivity contribution is 7.76. The molecule has 0 bridgehead atoms. The summed E-state index contributed by atoms with van der Waals surface area (Å²) in [6.07, 6.45) is -14.7. The maximum absolute atomic E-state index is 12.2. The number of H-pyrrole nitrogens is 4. The van der Waals surface area contributed by atoms with E-state index in [1.165, 1.54) is 19.0 Å². The quantitative estimate of drug-likeness (QED) is 0.0139. The first-order valence-corrected chi connectivity index (χ1v) is 63.2. The second-order valence-corrected chi connectivity index (χ2v) is 54.4. The Morgan fingerprint density at radius 2 is 0.558 bits per heavy atom. The van der Waals surface area contributed by atoms with Crippen molar-refractivity contribution in [2.24, 2.45) is 5.73 Å². The largest absolute Gasteiger partial charge is 0.479 e. The molecular formula is C60H113N21O52P14. The van der Waals surface area contributed by atoms with Crippen LogP contribution in [-0.2, 0) is 123 Å². The van der Waals surface area contributed by atoms with E-state index in [0.29, 0.717) is 25.4 Å². The number of phosphoric acid groups is 4. The Kier molecular flexibility index (Phi) is 48.3. The molecule has 29 unspecified atom stereocenters. The molecule has 4 aliphatic heterocycles. The van der Waals surface area contributed by atoms with Crippen molar-refractivity contribution in [3.05, 3.63) is 66.7 Å². The Balaban J connectivity index is 0.000000292. The van der Waals surface area contributed by atoms with Crippen LogP contribution in [0.3, 0.4) is 0 Å². The number of nitrogens with two attached hydrogens (primary N) is 5. The number of imidazole rings is 4. The Bertz CT molecular complexity index is 6450. The number of hydrogen-bond acceptors (Lipinski definition) is 52. The summed E-state index contributed by atoms with van der Waals surface area (Å²) in [5.74, 6) is -7.24. The van der Waals surface area contributed by atoms with Crippen molar-refractivity contribution in [2.45, 2.75) is 165 Å². The fourth-order valence-corrected chi connectivity index (χ4v) is 32.5. The van der Waals surface area contributed by atoms with E-state index in [9.17, 15) is 169 Å². The smallest absolute Gasteiger partial charge is 0.387 e. The molecule has 4 fully saturated rings. The number of hydrogen-bond donors (Lipinski definition) is 30. The number of aromatic amines is 4. The van der Waals surface area contributed by atoms with Gasteiger partial charge in [0, 0.05) is 6.54 Å². The summed E-state index contributed by atoms with van der Waals surface area (Å²) in [6.45, 7) is 3.26. The molecule has 0 saturated carbocycles. The van der Waals surface area contributed by atoms with E-state index in [1.54, 1.807) is 6.92 Å². The highest BCUT2D eigenvalue weighted by atomic mass is 31.3. The molecule has 840 valence electrons. The van der Waals surface area contributed by atoms with Gasteiger partial charge < -0.3 is 166 Å². The molecule has 4 saturated heterocycles. The number of unbranched alkanes of at least 4 members (excludes halogenated alkanes) is 2. The summed E-state index contributed by atoms with van der Waals surface area (Å²) in [7, 11) is -56.1. The van der Waals surface area contributed by atoms with E-state index in [-0.39, 0.29) is 95.6 Å². The van der Waals surface area contributed by atoms with Gasteiger partial charge in [0.25, 0.3) is 22.2 Å². The summed E-state index contributed by atoms with van der Waals surface area (Å²) < 4.78 is 217. The molecule has 4 aliphatic rings. The van der Waals surface area contributed by atoms with E-state index in [0.717, 1.165) is 43.6 Å². The summed E-state index contributed by atoms with van der Waals surface area (Å²) in [4.78, 5) is 211. The molecule has 147 heavy (non-hydrogen) atoms. The van der Waals surface area contributed by atoms with Gasteiger partial charge in [0.15, 0.2) is 93.2 Å². The number of nitrogen functional groups attached to an aromatic ring is 4. The van der Waals surface area contributed by atoms with Gasteiger partial charge in [-0.15, -0.1) is 18.5 Å². The third-order valence-corrected chi connectivity index (χ3v) is 42.0. The highest BCUT2D eigenvalue weighted by Crippen LogP contribution is 2.70. The van der Waals surface area contributed by atoms with Crippen LogP contribution in [0, 0.1) is 0 Å². The fourth-order valence-electron chi connectivity index (χ4n) is 12.5. The van der Waals surface area contributed by atoms with Crippen molar-refractivity contribution >= 4 is 179 Å². The Morgan fingerprint density at radius 3 is 0.762 bits per heavy atom. The molecule has 0 aliphatic carbocycles. The third-order valence-electron chi connectivity index (χ3n) is 18.6. The number of aliphatic hydroxyl groups excluding tert-OH is 8. The van der Waals surface area contributed by atoms with Crippen LogP contribution in [0.4, 0.5) is 23.8 Å². The second-order valence-electron chi connectivity index (χ2n) is 30.3. The predicted octanol–water partition coefficient (Wildman–Crippen LogP) is -2.48. The number of rotatable bonds is 45. The van der Waals surface area contributed by atoms with Gasteiger partial charge in [-0.1, -0.05) is 54.4 Å². The van der Waals surface area contributed by atoms with Gasteiger partial charge in [-0.05, 0) is 25.2 Å². The number of ether oxygens (including phenoxy) is 4. The average Bonchev–Trinajstić information content (AvgIpc) is 1.63. The van der Waals surface area contributed by atoms with Gasteiger partial charge in [0.2, 0.25) is 23.8 Å². The third kappa shape index (κ3) is 38.4. The molecule has 8 aromatic heterocycles. The van der Waals surface area contributed by atoms with E-state index in [4.69, 9.17) is 57.4 Å². The maximum Gasteiger partial charge on any atom is 0.479 e. The minimum Gasteiger partial charge on any atom is -0.387 e. The lowest BCUT2D eigenvalue weighted by Crippen LogP contribution is -2.33. The van der Waals surface area contributed by atoms with Crippen LogP contribution in [0.2, 0.25) is 0 Å². The standard InChI is InChI=1S/C15H26N5O13P3.C14H25N5O13P4.C13H23N6O13P3.C11H18N5O13P3.C4H11P.C2H6.CH4/c1-2-3-4-30-34(24,25)7-35(26,27)33-36(28,29)31-5-8-10(21)11(22)14(32-8)20-6-17-9-12(20)18-15(16)19-13(9)23;15-14-17-11-8(12(22)18-14)16-5-19(11)13-10(21)9(20)7(31-13)4-30-36(27,28)32-35(25,26)6-34(23,24)29-2-1-3-33;14-1-2-29-33(23,24)5-34(25,26)32-35(27,28)30-3-6-8(20)9(21)12(31-6)19-4-16-7-10(19)17-13(15)18-11(7)22;12-11-14-8-5(9(19)15-11)13-2-16(8)10-7(18)6(17)4(28-10)1-27-32(25,26)29-31(23,24)3-30(20,21)22;1-2-3-4-5;1-2;/h6,8,10-11,14,21-22H,2-5,7H2,1H3,(H,24,25)(H,26,27)(H,28,29)(H3,16,18,19,23);5,7,9-10,13,20-21H,1-4,6,33H2,(H,23,24)(H,25,26)(H,27,28)(H3,15,17,18,22);4,6,8-9,12,20-21H,1-3,5,14H2,(H,23,24)(H,25,26)(H,27,28)(H3,15,17,18,22);2,4,6-7,10,17-18H,1,3H2,(H,23,24)(H,25,26)(H2,20,21,22)(H3,12,14,15,19);2-5H2,1H3;1-2H3;1H4. The summed E-state index contributed by atoms with van der Waals surface area (Å²) in [5.41, 5.74) is 23.5. The zero-order chi connectivity index (χ0) is 110. The second kappa shape index (κ2) is 54.4. The molecule has 0 radical (unpaired) electrons. The number of aromatic nitrogens is 16. The highest BCUT2D eigenvalue weighted by Gasteiger charge is 2.53. The molecule has 8 aromatic rings. The number of nitrogens with zero attached hydrogens (tertiary/aromatic N) is 12. The first-order valence-electron chi connectivity index (χ1n) is 41.5. The van der Waals surface area contributed by atoms with Crippen LogP contribution in [0.1, 0.15) is 92.1 Å². The van der Waals surface area contributed by atoms with Crippen molar-refractivity contribution < 1.29 is 227 Å². The van der Waals surface area contributed by atoms with Crippen LogP contribution < -0.4 is 50.9 Å². The first-order chi connectivity index (χ1) is 67.4. The van der Waals surface area contributed by atoms with Gasteiger partial charge >= 0.3 is 92.1 Å². The van der Waals surface area contributed by atoms with Gasteiger partial charge in [-0.2, -0.15) is 19.9 Å². The molecule has 87 heteroatoms. The van der Waals surface area contributed by atoms with E-state index in [2.05, 4.69) is 134 Å². The SMILES string of the molecule is C.CC.CCCCOP(=O)(O)CP(=O)(O)OP(=O)(O)OCC1OC(n2cnc3c(=O)[nH]c(N)nc32)C(O)C1O.CCCCP.NCCOP(=O)(O)CP(=O)(O)OP(=O)(O)OCC1OC(n2cnc3c(=O)[nH]c(N)nc32)C(O)C1O.Nc1nc2c(ncn2C2OC(COP(=O)(O)OP(=O)(O)CP(=O)(O)O)C(O)C2O)c(=O)[nH]1.Nc1nc2c(ncn2C2OC(COP(=O)(O)OP(=O)(O)CP(=O)(O)OCCCP)C(O)C2O)c(=O)[nH]1. The molecule has 0 amide bonds. The van der Waals surface area contributed by atoms with E-state index in [1.807, 2.05) is 13.8 Å². The summed E-state index contributed by atoms with van der Waals surface area (Å²) in [6, 6.07) is 0. The Hall–Kier alpha value is -5.26. The lowest BCUT2D eigenvalue weighted by atomic mass is 10.1. The Labute approximate surface area is 830 Å². The van der Waals surface area contributed by atoms with E-state index < -0.39 is 269 Å². The summed E-state index contributed by atoms with van der Waals surface area (Å²) in [5, 5.41) is 82.4. The van der Waals surface area contributed by atoms with Crippen LogP contribution in [0.5, 0.6) is 0 Å². The number of nitrogens with one attached hydrogen (secondary N) is 4. The molecule has 35 N–H and O–H groups in total. The number of fused-ring (bicyclic) bond motifs is 4. The predicted molar refractivity (Wildman–Crippen MR) is 510 cm³/mol. The maximum atomic E-state index is 12.2. The monoisotopic (exact) mass is 2390 g/mol. The van der Waals surface area contributed by atoms with Crippen molar-refractivity contribution in [3.63, 3.8) is 0 Å². The van der Waals surface area contributed by atoms with Crippen molar-refractivity contribution in [1.29, 1.82) is 0 Å². The number of aliphatic hydroxyl groups is 8. The molecule has 0 spiro atoms. The van der Waals surface area contributed by atoms with E-state index >= 15 is 0 Å². The lowest BCUT2D eigenvalue weighted by molar-refractivity contribution is -0.0502. The van der Waals surface area contributed by atoms with Crippen molar-refractivity contribution in [2.75, 3.05) is 112 Å². The van der Waals surface area contributed by atoms with Crippen LogP contribution in [0.15, 0.2) is 44.5 Å². The van der Waals surface area contributed by atoms with Gasteiger partial charge in [0.05, 0.1) is 71.6 Å². The number of phosphoric ester groups is 4. The van der Waals surface area contributed by atoms with Crippen LogP contribution >= 0.6 is 111 Å². The molecule has 73 nitrogen and oxygen atoms in total. The molecule has 0 aromatic carbocycles. The Morgan fingerprint density at radius 1 is 0.340 bits per heavy atom. The fraction of sp³-hybridized carbons (Fsp3) is 0.667. The van der Waals surface area contributed by atoms with Crippen molar-refractivity contribution in [3.8, 4) is 0 Å². The molecule has 12 heterocycles. The van der Waals surface area contributed by atoms with Crippen molar-refractivity contribution in [1.82, 2.24) is 78.1 Å². The normalized spacial score (nSPS) is 26.5. The van der Waals surface area contributed by atoms with Crippen LogP contribution in [-0.4, -0.2) is 345 Å². The first kappa shape index (κ1) is 130. The molecule has 12 rings (SSSR count). The minimum atomic E-state index is -5.35. The van der Waals surface area contributed by atoms with Gasteiger partial charge in [0.1, 0.15) is 73.2 Å². The molecule has 29 atom stereocenters. The zero-order valence-corrected chi connectivity index (χ0v) is 88.8. The topological polar surface area (TPSA) is 1150 Å². The molecular weight excluding hydrogens is 2280 g/mol.